The molecule has 0 aliphatic carbocycles. The van der Waals surface area contributed by atoms with Gasteiger partial charge in [-0.1, -0.05) is 288 Å². The second-order valence-corrected chi connectivity index (χ2v) is 5.75. The highest BCUT2D eigenvalue weighted by molar-refractivity contribution is 4.88. The number of aromatic nitrogens is 17. The van der Waals surface area contributed by atoms with Crippen LogP contribution in [0.5, 0.6) is 0 Å². The molecule has 7 rings (SSSR count). The molecule has 482 valence electrons. The predicted octanol–water partition coefficient (Wildman–Crippen LogP) is 21.9. The minimum atomic E-state index is 1.33. The van der Waals surface area contributed by atoms with E-state index >= 15 is 0 Å². The molecule has 0 amide bonds. The minimum absolute atomic E-state index is 1.33. The first-order valence-corrected chi connectivity index (χ1v) is 31.0. The van der Waals surface area contributed by atoms with Crippen molar-refractivity contribution in [2.75, 3.05) is 0 Å². The van der Waals surface area contributed by atoms with Gasteiger partial charge in [-0.2, -0.15) is 30.8 Å². The fraction of sp³-hybridized carbons (Fsp3) is 0.635. The first-order valence-electron chi connectivity index (χ1n) is 31.0. The van der Waals surface area contributed by atoms with Crippen LogP contribution >= 0.6 is 0 Å². The molecule has 0 spiro atoms. The third-order valence-electron chi connectivity index (χ3n) is 3.01. The SMILES string of the molecule is CC.CC.CC.CC.CC.CC.CC.CC.CC.CC.CC.CC.CC.CC.CC.CC.CC.CC.CC.CC.c1ccncc1.c1ccnnc1.c1cn[nH]n1.c1cnccn1.c1cncnc1.c1ncncn1.c1nn[nH]n1. The van der Waals surface area contributed by atoms with Crippen LogP contribution in [-0.4, -0.2) is 86.1 Å². The minimum Gasteiger partial charge on any atom is -0.265 e. The average Bonchev–Trinajstić information content (AvgIpc) is 4.47. The van der Waals surface area contributed by atoms with Crippen molar-refractivity contribution in [3.8, 4) is 0 Å². The lowest BCUT2D eigenvalue weighted by molar-refractivity contribution is 0.881. The van der Waals surface area contributed by atoms with E-state index in [1.165, 1.54) is 31.6 Å². The summed E-state index contributed by atoms with van der Waals surface area (Å²) in [7, 11) is 0. The highest BCUT2D eigenvalue weighted by atomic mass is 15.5. The lowest BCUT2D eigenvalue weighted by Gasteiger charge is -1.70. The van der Waals surface area contributed by atoms with E-state index < -0.39 is 0 Å². The van der Waals surface area contributed by atoms with Gasteiger partial charge in [-0.05, 0) is 30.3 Å². The number of rotatable bonds is 0. The number of aromatic amines is 2. The van der Waals surface area contributed by atoms with Gasteiger partial charge in [-0.3, -0.25) is 15.0 Å². The van der Waals surface area contributed by atoms with Gasteiger partial charge in [0.25, 0.3) is 0 Å². The molecule has 0 aliphatic heterocycles. The fourth-order valence-electron chi connectivity index (χ4n) is 1.57. The molecular formula is C63H145N17. The maximum absolute atomic E-state index is 3.78. The molecule has 7 heterocycles. The van der Waals surface area contributed by atoms with Crippen LogP contribution in [0.2, 0.25) is 0 Å². The zero-order valence-electron chi connectivity index (χ0n) is 61.0. The summed E-state index contributed by atoms with van der Waals surface area (Å²) in [4.78, 5) is 29.3. The number of H-pyrrole nitrogens is 2. The molecule has 0 aromatic carbocycles. The van der Waals surface area contributed by atoms with Crippen LogP contribution in [0.4, 0.5) is 0 Å². The molecule has 0 fully saturated rings. The Labute approximate surface area is 503 Å². The molecule has 0 saturated heterocycles. The summed E-state index contributed by atoms with van der Waals surface area (Å²) in [6.45, 7) is 80.0. The van der Waals surface area contributed by atoms with Crippen LogP contribution in [0.1, 0.15) is 277 Å². The third-order valence-corrected chi connectivity index (χ3v) is 3.01. The smallest absolute Gasteiger partial charge is 0.161 e. The second kappa shape index (κ2) is 330. The lowest BCUT2D eigenvalue weighted by atomic mass is 10.5. The first-order chi connectivity index (χ1) is 40.0. The molecule has 2 N–H and O–H groups in total. The van der Waals surface area contributed by atoms with E-state index in [2.05, 4.69) is 86.1 Å². The highest BCUT2D eigenvalue weighted by Gasteiger charge is 1.62. The van der Waals surface area contributed by atoms with Gasteiger partial charge in [-0.25, -0.2) is 24.9 Å². The highest BCUT2D eigenvalue weighted by Crippen LogP contribution is 1.74. The van der Waals surface area contributed by atoms with Crippen molar-refractivity contribution in [3.63, 3.8) is 0 Å². The standard InChI is InChI=1S/C5H5N.3C4H4N2.C3H3N3.C2H3N3.20C2H6.CH2N4/c1-2-4-6-5-3-1;1-2-6-4-3-5-1;1-2-5-4-6-3-1;1-2-4-6-5-3-1;1-4-2-6-3-5-1;1-2-4-5-3-1;20*1-2;1-2-4-5-3-1/h1-5H;3*1-4H;1-3H;1-2H,(H,3,4,5);20*1-2H3;1H,(H,2,3,4,5). The largest absolute Gasteiger partial charge is 0.265 e. The van der Waals surface area contributed by atoms with Gasteiger partial charge >= 0.3 is 0 Å². The van der Waals surface area contributed by atoms with Crippen molar-refractivity contribution in [1.82, 2.24) is 86.1 Å². The van der Waals surface area contributed by atoms with Crippen molar-refractivity contribution in [1.29, 1.82) is 0 Å². The van der Waals surface area contributed by atoms with Crippen molar-refractivity contribution in [2.24, 2.45) is 0 Å². The van der Waals surface area contributed by atoms with Crippen molar-refractivity contribution < 1.29 is 0 Å². The van der Waals surface area contributed by atoms with Gasteiger partial charge in [-0.15, -0.1) is 10.2 Å². The average molecular weight is 1140 g/mol. The predicted molar refractivity (Wildman–Crippen MR) is 368 cm³/mol. The van der Waals surface area contributed by atoms with Gasteiger partial charge in [0.05, 0.1) is 12.4 Å². The van der Waals surface area contributed by atoms with Gasteiger partial charge in [0.1, 0.15) is 25.3 Å². The Morgan fingerprint density at radius 2 is 0.400 bits per heavy atom. The Morgan fingerprint density at radius 1 is 0.163 bits per heavy atom. The van der Waals surface area contributed by atoms with Crippen LogP contribution in [0.15, 0.2) is 142 Å². The number of nitrogens with zero attached hydrogens (tertiary/aromatic N) is 15. The van der Waals surface area contributed by atoms with Gasteiger partial charge < -0.3 is 0 Å². The van der Waals surface area contributed by atoms with E-state index in [-0.39, 0.29) is 0 Å². The molecule has 0 aliphatic rings. The normalized spacial score (nSPS) is 5.50. The van der Waals surface area contributed by atoms with E-state index in [1.807, 2.05) is 307 Å². The third kappa shape index (κ3) is 316. The maximum Gasteiger partial charge on any atom is 0.161 e. The molecule has 0 radical (unpaired) electrons. The van der Waals surface area contributed by atoms with E-state index in [9.17, 15) is 0 Å². The maximum atomic E-state index is 3.78. The number of nitrogens with one attached hydrogen (secondary N) is 2. The van der Waals surface area contributed by atoms with Crippen LogP contribution < -0.4 is 0 Å². The summed E-state index contributed by atoms with van der Waals surface area (Å²) < 4.78 is 0. The molecule has 0 unspecified atom stereocenters. The molecule has 17 nitrogen and oxygen atoms in total. The Kier molecular flexibility index (Phi) is 556. The van der Waals surface area contributed by atoms with Crippen molar-refractivity contribution >= 4 is 0 Å². The van der Waals surface area contributed by atoms with Crippen molar-refractivity contribution in [2.45, 2.75) is 277 Å². The topological polar surface area (TPSA) is 225 Å². The van der Waals surface area contributed by atoms with Crippen LogP contribution in [0.25, 0.3) is 0 Å². The first kappa shape index (κ1) is 135. The molecule has 7 aromatic heterocycles. The molecule has 0 saturated carbocycles. The van der Waals surface area contributed by atoms with Crippen LogP contribution in [0.3, 0.4) is 0 Å². The van der Waals surface area contributed by atoms with E-state index in [0.717, 1.165) is 0 Å². The Hall–Kier alpha value is -6.39. The molecular weight excluding hydrogens is 995 g/mol. The Bertz CT molecular complexity index is 912. The summed E-state index contributed by atoms with van der Waals surface area (Å²) in [5.74, 6) is 0. The monoisotopic (exact) mass is 1140 g/mol. The van der Waals surface area contributed by atoms with Gasteiger partial charge in [0.15, 0.2) is 6.33 Å². The summed E-state index contributed by atoms with van der Waals surface area (Å²) in [6.07, 6.45) is 27.0. The number of hydrogen-bond acceptors (Lipinski definition) is 15. The Balaban J connectivity index is -0.0000000265. The van der Waals surface area contributed by atoms with Crippen molar-refractivity contribution in [3.05, 3.63) is 142 Å². The van der Waals surface area contributed by atoms with Gasteiger partial charge in [0, 0.05) is 62.0 Å². The fourth-order valence-corrected chi connectivity index (χ4v) is 1.57. The lowest BCUT2D eigenvalue weighted by Crippen LogP contribution is -1.73. The number of tetrazole rings is 1. The molecule has 0 atom stereocenters. The summed E-state index contributed by atoms with van der Waals surface area (Å²) in [5.41, 5.74) is 0. The quantitative estimate of drug-likeness (QED) is 0.144. The molecule has 0 bridgehead atoms. The van der Waals surface area contributed by atoms with E-state index in [4.69, 9.17) is 0 Å². The number of pyridine rings is 1. The number of hydrogen-bond donors (Lipinski definition) is 2. The molecule has 17 heteroatoms. The van der Waals surface area contributed by atoms with Gasteiger partial charge in [0.2, 0.25) is 0 Å². The summed E-state index contributed by atoms with van der Waals surface area (Å²) >= 11 is 0. The molecule has 80 heavy (non-hydrogen) atoms. The van der Waals surface area contributed by atoms with Crippen LogP contribution in [0, 0.1) is 0 Å². The second-order valence-electron chi connectivity index (χ2n) is 5.75. The zero-order chi connectivity index (χ0) is 68.3. The van der Waals surface area contributed by atoms with E-state index in [0.29, 0.717) is 0 Å². The Morgan fingerprint density at radius 3 is 0.487 bits per heavy atom. The zero-order valence-corrected chi connectivity index (χ0v) is 61.0. The van der Waals surface area contributed by atoms with Crippen LogP contribution in [-0.2, 0) is 0 Å². The van der Waals surface area contributed by atoms with E-state index in [1.54, 1.807) is 80.4 Å². The summed E-state index contributed by atoms with van der Waals surface area (Å²) in [5, 5.41) is 28.6. The summed E-state index contributed by atoms with van der Waals surface area (Å²) in [6, 6.07) is 11.1. The molecule has 7 aromatic rings.